The van der Waals surface area contributed by atoms with Crippen LogP contribution in [0.25, 0.3) is 11.1 Å². The number of nitro benzene ring substituents is 1. The predicted octanol–water partition coefficient (Wildman–Crippen LogP) is 4.38. The standard InChI is InChI=1S/C25H23N3O5/c29-24(26-21(19-10-5-2-6-11-19)16-18-8-3-1-4-9-18)12-7-15-27-22-14-13-20(28(31)32)17-23(22)33-25(27)30/h1-6,8-11,13-14,17,21H,7,12,15-16H2,(H,26,29)/t21-/m1/s1. The second-order valence-electron chi connectivity index (χ2n) is 7.75. The van der Waals surface area contributed by atoms with Crippen molar-refractivity contribution in [3.8, 4) is 0 Å². The first-order valence-electron chi connectivity index (χ1n) is 10.7. The Bertz CT molecular complexity index is 1310. The molecule has 0 fully saturated rings. The van der Waals surface area contributed by atoms with Crippen molar-refractivity contribution in [2.75, 3.05) is 0 Å². The summed E-state index contributed by atoms with van der Waals surface area (Å²) in [4.78, 5) is 35.3. The second kappa shape index (κ2) is 9.95. The molecule has 0 saturated heterocycles. The van der Waals surface area contributed by atoms with Crippen molar-refractivity contribution in [1.29, 1.82) is 0 Å². The Balaban J connectivity index is 1.41. The highest BCUT2D eigenvalue weighted by Gasteiger charge is 2.17. The monoisotopic (exact) mass is 445 g/mol. The molecule has 8 nitrogen and oxygen atoms in total. The minimum atomic E-state index is -0.600. The van der Waals surface area contributed by atoms with Crippen molar-refractivity contribution < 1.29 is 14.1 Å². The van der Waals surface area contributed by atoms with Crippen LogP contribution in [0, 0.1) is 10.1 Å². The SMILES string of the molecule is O=C(CCCn1c(=O)oc2cc([N+](=O)[O-])ccc21)N[C@H](Cc1ccccc1)c1ccccc1. The Morgan fingerprint density at radius 2 is 1.73 bits per heavy atom. The lowest BCUT2D eigenvalue weighted by molar-refractivity contribution is -0.384. The minimum absolute atomic E-state index is 0.115. The van der Waals surface area contributed by atoms with Gasteiger partial charge in [-0.1, -0.05) is 60.7 Å². The lowest BCUT2D eigenvalue weighted by atomic mass is 9.98. The molecule has 0 radical (unpaired) electrons. The van der Waals surface area contributed by atoms with Crippen LogP contribution in [-0.2, 0) is 17.8 Å². The summed E-state index contributed by atoms with van der Waals surface area (Å²) < 4.78 is 6.53. The summed E-state index contributed by atoms with van der Waals surface area (Å²) in [5.74, 6) is -0.714. The molecule has 0 saturated carbocycles. The molecule has 4 rings (SSSR count). The third kappa shape index (κ3) is 5.35. The fraction of sp³-hybridized carbons (Fsp3) is 0.200. The second-order valence-corrected chi connectivity index (χ2v) is 7.75. The summed E-state index contributed by atoms with van der Waals surface area (Å²) in [5.41, 5.74) is 2.63. The van der Waals surface area contributed by atoms with E-state index in [1.54, 1.807) is 0 Å². The number of amides is 1. The minimum Gasteiger partial charge on any atom is -0.407 e. The van der Waals surface area contributed by atoms with Gasteiger partial charge in [0.25, 0.3) is 5.69 Å². The Morgan fingerprint density at radius 3 is 2.42 bits per heavy atom. The van der Waals surface area contributed by atoms with Crippen molar-refractivity contribution in [1.82, 2.24) is 9.88 Å². The van der Waals surface area contributed by atoms with Gasteiger partial charge in [0.2, 0.25) is 5.91 Å². The number of rotatable bonds is 9. The summed E-state index contributed by atoms with van der Waals surface area (Å²) in [6, 6.07) is 23.7. The van der Waals surface area contributed by atoms with Crippen molar-refractivity contribution in [2.24, 2.45) is 0 Å². The largest absolute Gasteiger partial charge is 0.419 e. The van der Waals surface area contributed by atoms with E-state index in [0.717, 1.165) is 11.1 Å². The van der Waals surface area contributed by atoms with Gasteiger partial charge in [0, 0.05) is 19.0 Å². The average molecular weight is 445 g/mol. The maximum atomic E-state index is 12.7. The topological polar surface area (TPSA) is 107 Å². The van der Waals surface area contributed by atoms with Crippen molar-refractivity contribution in [2.45, 2.75) is 31.8 Å². The third-order valence-electron chi connectivity index (χ3n) is 5.47. The summed E-state index contributed by atoms with van der Waals surface area (Å²) in [7, 11) is 0. The molecule has 0 aliphatic rings. The van der Waals surface area contributed by atoms with E-state index in [0.29, 0.717) is 18.4 Å². The van der Waals surface area contributed by atoms with Gasteiger partial charge in [-0.25, -0.2) is 4.79 Å². The van der Waals surface area contributed by atoms with E-state index in [9.17, 15) is 19.7 Å². The molecule has 1 amide bonds. The van der Waals surface area contributed by atoms with Crippen LogP contribution in [0.1, 0.15) is 30.0 Å². The fourth-order valence-corrected chi connectivity index (χ4v) is 3.83. The summed E-state index contributed by atoms with van der Waals surface area (Å²) in [6.07, 6.45) is 1.32. The van der Waals surface area contributed by atoms with Gasteiger partial charge >= 0.3 is 5.76 Å². The molecule has 0 aliphatic heterocycles. The Kier molecular flexibility index (Phi) is 6.64. The van der Waals surface area contributed by atoms with Crippen LogP contribution in [0.15, 0.2) is 88.1 Å². The van der Waals surface area contributed by atoms with Gasteiger partial charge in [0.05, 0.1) is 22.5 Å². The number of fused-ring (bicyclic) bond motifs is 1. The zero-order valence-electron chi connectivity index (χ0n) is 17.8. The molecule has 1 aromatic heterocycles. The molecule has 0 bridgehead atoms. The third-order valence-corrected chi connectivity index (χ3v) is 5.47. The summed E-state index contributed by atoms with van der Waals surface area (Å²) >= 11 is 0. The van der Waals surface area contributed by atoms with Crippen molar-refractivity contribution >= 4 is 22.7 Å². The molecule has 0 aliphatic carbocycles. The maximum Gasteiger partial charge on any atom is 0.419 e. The average Bonchev–Trinajstić information content (AvgIpc) is 3.14. The molecule has 168 valence electrons. The fourth-order valence-electron chi connectivity index (χ4n) is 3.83. The Morgan fingerprint density at radius 1 is 1.03 bits per heavy atom. The summed E-state index contributed by atoms with van der Waals surface area (Å²) in [6.45, 7) is 0.270. The van der Waals surface area contributed by atoms with E-state index in [1.807, 2.05) is 60.7 Å². The van der Waals surface area contributed by atoms with Gasteiger partial charge in [0.1, 0.15) is 0 Å². The highest BCUT2D eigenvalue weighted by Crippen LogP contribution is 2.21. The van der Waals surface area contributed by atoms with E-state index < -0.39 is 10.7 Å². The number of aryl methyl sites for hydroxylation is 1. The van der Waals surface area contributed by atoms with Gasteiger partial charge in [-0.15, -0.1) is 0 Å². The molecule has 0 unspecified atom stereocenters. The molecule has 0 spiro atoms. The van der Waals surface area contributed by atoms with Crippen LogP contribution in [-0.4, -0.2) is 15.4 Å². The van der Waals surface area contributed by atoms with Crippen molar-refractivity contribution in [3.63, 3.8) is 0 Å². The zero-order valence-corrected chi connectivity index (χ0v) is 17.8. The number of carbonyl (C=O) groups is 1. The lowest BCUT2D eigenvalue weighted by Crippen LogP contribution is -2.30. The molecular weight excluding hydrogens is 422 g/mol. The number of hydrogen-bond acceptors (Lipinski definition) is 5. The molecule has 1 atom stereocenters. The summed E-state index contributed by atoms with van der Waals surface area (Å²) in [5, 5.41) is 14.0. The Hall–Kier alpha value is -4.20. The number of hydrogen-bond donors (Lipinski definition) is 1. The highest BCUT2D eigenvalue weighted by molar-refractivity contribution is 5.77. The van der Waals surface area contributed by atoms with Crippen LogP contribution >= 0.6 is 0 Å². The quantitative estimate of drug-likeness (QED) is 0.304. The van der Waals surface area contributed by atoms with E-state index in [2.05, 4.69) is 5.32 Å². The van der Waals surface area contributed by atoms with E-state index in [4.69, 9.17) is 4.42 Å². The number of nitro groups is 1. The molecule has 4 aromatic rings. The number of aromatic nitrogens is 1. The first kappa shape index (κ1) is 22.0. The number of non-ortho nitro benzene ring substituents is 1. The number of nitrogens with zero attached hydrogens (tertiary/aromatic N) is 2. The van der Waals surface area contributed by atoms with Crippen LogP contribution in [0.5, 0.6) is 0 Å². The van der Waals surface area contributed by atoms with Gasteiger partial charge < -0.3 is 9.73 Å². The predicted molar refractivity (Wildman–Crippen MR) is 124 cm³/mol. The van der Waals surface area contributed by atoms with Gasteiger partial charge in [-0.3, -0.25) is 19.5 Å². The van der Waals surface area contributed by atoms with E-state index >= 15 is 0 Å². The van der Waals surface area contributed by atoms with Crippen LogP contribution in [0.4, 0.5) is 5.69 Å². The Labute approximate surface area is 189 Å². The molecule has 1 N–H and O–H groups in total. The highest BCUT2D eigenvalue weighted by atomic mass is 16.6. The number of nitrogens with one attached hydrogen (secondary N) is 1. The van der Waals surface area contributed by atoms with E-state index in [1.165, 1.54) is 22.8 Å². The maximum absolute atomic E-state index is 12.7. The van der Waals surface area contributed by atoms with Gasteiger partial charge in [0.15, 0.2) is 5.58 Å². The molecule has 8 heteroatoms. The van der Waals surface area contributed by atoms with Crippen LogP contribution < -0.4 is 11.1 Å². The van der Waals surface area contributed by atoms with Crippen LogP contribution in [0.2, 0.25) is 0 Å². The number of carbonyl (C=O) groups excluding carboxylic acids is 1. The molecule has 1 heterocycles. The van der Waals surface area contributed by atoms with Gasteiger partial charge in [-0.2, -0.15) is 0 Å². The van der Waals surface area contributed by atoms with E-state index in [-0.39, 0.29) is 36.2 Å². The zero-order chi connectivity index (χ0) is 23.2. The number of oxazole rings is 1. The van der Waals surface area contributed by atoms with Gasteiger partial charge in [-0.05, 0) is 30.0 Å². The first-order valence-corrected chi connectivity index (χ1v) is 10.7. The van der Waals surface area contributed by atoms with Crippen LogP contribution in [0.3, 0.4) is 0 Å². The first-order chi connectivity index (χ1) is 16.0. The molecule has 33 heavy (non-hydrogen) atoms. The number of benzene rings is 3. The molecular formula is C25H23N3O5. The smallest absolute Gasteiger partial charge is 0.407 e. The van der Waals surface area contributed by atoms with Crippen molar-refractivity contribution in [3.05, 3.63) is 111 Å². The molecule has 3 aromatic carbocycles. The normalized spacial score (nSPS) is 11.9. The lowest BCUT2D eigenvalue weighted by Gasteiger charge is -2.19.